The number of guanidine groups is 1. The van der Waals surface area contributed by atoms with E-state index in [9.17, 15) is 0 Å². The molecule has 0 aliphatic carbocycles. The van der Waals surface area contributed by atoms with Crippen LogP contribution >= 0.6 is 139 Å². The lowest BCUT2D eigenvalue weighted by molar-refractivity contribution is 1.28. The maximum atomic E-state index is 7.59. The summed E-state index contributed by atoms with van der Waals surface area (Å²) in [5.41, 5.74) is -1.31. The van der Waals surface area contributed by atoms with Crippen LogP contribution in [0, 0.1) is 5.41 Å². The van der Waals surface area contributed by atoms with Crippen molar-refractivity contribution in [1.29, 1.82) is 5.41 Å². The van der Waals surface area contributed by atoms with Gasteiger partial charge < -0.3 is 0 Å². The van der Waals surface area contributed by atoms with Crippen LogP contribution in [0.4, 0.5) is 0 Å². The van der Waals surface area contributed by atoms with E-state index in [4.69, 9.17) is 145 Å². The van der Waals surface area contributed by atoms with Crippen molar-refractivity contribution in [1.82, 2.24) is 0 Å². The van der Waals surface area contributed by atoms with E-state index >= 15 is 0 Å². The summed E-state index contributed by atoms with van der Waals surface area (Å²) in [5.74, 6) is -0.903. The van der Waals surface area contributed by atoms with E-state index in [1.807, 2.05) is 0 Å². The molecule has 0 radical (unpaired) electrons. The normalized spacial score (nSPS) is 13.6. The molecule has 0 bridgehead atoms. The minimum atomic E-state index is -2.26. The second-order valence-electron chi connectivity index (χ2n) is 3.24. The minimum absolute atomic E-state index is 0.656. The maximum absolute atomic E-state index is 7.59. The van der Waals surface area contributed by atoms with Gasteiger partial charge in [-0.25, -0.2) is 9.98 Å². The first-order valence-corrected chi connectivity index (χ1v) is 8.95. The molecule has 0 heterocycles. The van der Waals surface area contributed by atoms with Gasteiger partial charge in [0.25, 0.3) is 0 Å². The molecule has 0 saturated heterocycles. The standard InChI is InChI=1S/C7HCl12N3/c8-4(9,10)1(5(11,12)13)21-3(20)22-2(6(14,15)16)7(17,18)19/h20H. The summed E-state index contributed by atoms with van der Waals surface area (Å²) >= 11 is 67.1. The molecule has 3 nitrogen and oxygen atoms in total. The molecule has 0 aromatic carbocycles. The molecule has 0 saturated carbocycles. The van der Waals surface area contributed by atoms with Crippen LogP contribution < -0.4 is 0 Å². The van der Waals surface area contributed by atoms with Crippen molar-refractivity contribution in [2.45, 2.75) is 15.2 Å². The molecule has 0 aromatic rings. The molecule has 0 aromatic heterocycles. The summed E-state index contributed by atoms with van der Waals surface area (Å²) in [7, 11) is 0. The van der Waals surface area contributed by atoms with Crippen LogP contribution in [-0.4, -0.2) is 32.6 Å². The van der Waals surface area contributed by atoms with Crippen LogP contribution in [0.2, 0.25) is 0 Å². The zero-order valence-electron chi connectivity index (χ0n) is 9.43. The fraction of sp³-hybridized carbons (Fsp3) is 0.571. The van der Waals surface area contributed by atoms with E-state index in [1.165, 1.54) is 0 Å². The molecule has 0 unspecified atom stereocenters. The number of nitrogens with one attached hydrogen (secondary N) is 1. The van der Waals surface area contributed by atoms with Gasteiger partial charge in [0.2, 0.25) is 21.1 Å². The zero-order chi connectivity index (χ0) is 18.1. The van der Waals surface area contributed by atoms with Gasteiger partial charge in [-0.15, -0.1) is 0 Å². The van der Waals surface area contributed by atoms with Crippen molar-refractivity contribution in [3.63, 3.8) is 0 Å². The molecule has 1 N–H and O–H groups in total. The van der Waals surface area contributed by atoms with Crippen LogP contribution in [0.25, 0.3) is 0 Å². The third-order valence-corrected chi connectivity index (χ3v) is 3.66. The first kappa shape index (κ1) is 24.5. The second kappa shape index (κ2) is 8.45. The van der Waals surface area contributed by atoms with Gasteiger partial charge in [-0.2, -0.15) is 0 Å². The molecular weight excluding hydrogens is 552 g/mol. The molecule has 0 atom stereocenters. The lowest BCUT2D eigenvalue weighted by atomic mass is 10.4. The average Bonchev–Trinajstić information content (AvgIpc) is 2.15. The first-order valence-electron chi connectivity index (χ1n) is 4.41. The quantitative estimate of drug-likeness (QED) is 0.187. The van der Waals surface area contributed by atoms with Gasteiger partial charge in [-0.3, -0.25) is 5.41 Å². The van der Waals surface area contributed by atoms with E-state index < -0.39 is 32.6 Å². The summed E-state index contributed by atoms with van der Waals surface area (Å²) in [6, 6.07) is 0. The smallest absolute Gasteiger partial charge is 0.242 e. The summed E-state index contributed by atoms with van der Waals surface area (Å²) in [6.45, 7) is 0. The fourth-order valence-corrected chi connectivity index (χ4v) is 3.89. The van der Waals surface area contributed by atoms with Gasteiger partial charge in [0.05, 0.1) is 0 Å². The highest BCUT2D eigenvalue weighted by molar-refractivity contribution is 6.88. The number of halogens is 12. The average molecular weight is 553 g/mol. The molecule has 0 fully saturated rings. The SMILES string of the molecule is N=C(N=C(C(Cl)(Cl)Cl)C(Cl)(Cl)Cl)N=C(C(Cl)(Cl)Cl)C(Cl)(Cl)Cl. The molecule has 0 aliphatic rings. The van der Waals surface area contributed by atoms with Gasteiger partial charge in [-0.05, 0) is 0 Å². The van der Waals surface area contributed by atoms with Crippen molar-refractivity contribution >= 4 is 157 Å². The molecule has 128 valence electrons. The Kier molecular flexibility index (Phi) is 9.41. The number of nitrogens with zero attached hydrogens (tertiary/aromatic N) is 2. The van der Waals surface area contributed by atoms with E-state index in [0.29, 0.717) is 0 Å². The highest BCUT2D eigenvalue weighted by Crippen LogP contribution is 2.42. The van der Waals surface area contributed by atoms with Crippen molar-refractivity contribution in [2.75, 3.05) is 0 Å². The Hall–Kier alpha value is 2.49. The van der Waals surface area contributed by atoms with Crippen molar-refractivity contribution in [3.8, 4) is 0 Å². The van der Waals surface area contributed by atoms with Gasteiger partial charge in [0.15, 0.2) is 0 Å². The summed E-state index contributed by atoms with van der Waals surface area (Å²) < 4.78 is -9.03. The van der Waals surface area contributed by atoms with Gasteiger partial charge in [-0.1, -0.05) is 139 Å². The lowest BCUT2D eigenvalue weighted by Crippen LogP contribution is -2.35. The molecule has 22 heavy (non-hydrogen) atoms. The minimum Gasteiger partial charge on any atom is -0.266 e. The van der Waals surface area contributed by atoms with Crippen LogP contribution in [0.15, 0.2) is 9.98 Å². The van der Waals surface area contributed by atoms with Crippen LogP contribution in [0.5, 0.6) is 0 Å². The topological polar surface area (TPSA) is 48.6 Å². The maximum Gasteiger partial charge on any atom is 0.242 e. The van der Waals surface area contributed by atoms with E-state index in [1.54, 1.807) is 0 Å². The Balaban J connectivity index is 5.95. The Morgan fingerprint density at radius 3 is 0.818 bits per heavy atom. The monoisotopic (exact) mass is 547 g/mol. The Morgan fingerprint density at radius 2 is 0.682 bits per heavy atom. The molecular formula is C7HCl12N3. The van der Waals surface area contributed by atoms with Gasteiger partial charge >= 0.3 is 0 Å². The highest BCUT2D eigenvalue weighted by atomic mass is 35.6. The third kappa shape index (κ3) is 8.73. The van der Waals surface area contributed by atoms with Gasteiger partial charge in [0.1, 0.15) is 11.4 Å². The van der Waals surface area contributed by atoms with Crippen LogP contribution in [0.3, 0.4) is 0 Å². The lowest BCUT2D eigenvalue weighted by Gasteiger charge is -2.22. The molecule has 0 spiro atoms. The van der Waals surface area contributed by atoms with E-state index in [-0.39, 0.29) is 0 Å². The third-order valence-electron chi connectivity index (χ3n) is 1.51. The van der Waals surface area contributed by atoms with Crippen LogP contribution in [0.1, 0.15) is 0 Å². The molecule has 15 heteroatoms. The second-order valence-corrected chi connectivity index (χ2v) is 12.4. The zero-order valence-corrected chi connectivity index (χ0v) is 18.5. The summed E-state index contributed by atoms with van der Waals surface area (Å²) in [5, 5.41) is 7.59. The molecule has 0 amide bonds. The van der Waals surface area contributed by atoms with Crippen molar-refractivity contribution in [3.05, 3.63) is 0 Å². The Morgan fingerprint density at radius 1 is 0.500 bits per heavy atom. The largest absolute Gasteiger partial charge is 0.266 e. The number of hydrogen-bond acceptors (Lipinski definition) is 1. The van der Waals surface area contributed by atoms with E-state index in [2.05, 4.69) is 9.98 Å². The van der Waals surface area contributed by atoms with E-state index in [0.717, 1.165) is 0 Å². The summed E-state index contributed by atoms with van der Waals surface area (Å²) in [4.78, 5) is 6.91. The predicted octanol–water partition coefficient (Wildman–Crippen LogP) is 7.28. The number of alkyl halides is 12. The number of aliphatic imine (C=N–C) groups is 2. The number of hydrogen-bond donors (Lipinski definition) is 1. The van der Waals surface area contributed by atoms with Crippen LogP contribution in [-0.2, 0) is 0 Å². The van der Waals surface area contributed by atoms with Gasteiger partial charge in [0, 0.05) is 0 Å². The summed E-state index contributed by atoms with van der Waals surface area (Å²) in [6.07, 6.45) is 0. The first-order chi connectivity index (χ1) is 9.37. The Labute approximate surface area is 185 Å². The number of rotatable bonds is 0. The van der Waals surface area contributed by atoms with Crippen molar-refractivity contribution in [2.24, 2.45) is 9.98 Å². The molecule has 0 aliphatic heterocycles. The Bertz CT molecular complexity index is 409. The highest BCUT2D eigenvalue weighted by Gasteiger charge is 2.44. The fourth-order valence-electron chi connectivity index (χ4n) is 0.812. The molecule has 0 rings (SSSR count). The van der Waals surface area contributed by atoms with Crippen molar-refractivity contribution < 1.29 is 0 Å². The predicted molar refractivity (Wildman–Crippen MR) is 104 cm³/mol.